The van der Waals surface area contributed by atoms with E-state index in [1.165, 1.54) is 12.8 Å². The van der Waals surface area contributed by atoms with Crippen molar-refractivity contribution in [3.63, 3.8) is 0 Å². The first-order chi connectivity index (χ1) is 22.3. The van der Waals surface area contributed by atoms with E-state index in [-0.39, 0.29) is 29.6 Å². The molecular formula is C39H73N3O4. The molecule has 0 saturated heterocycles. The number of rotatable bonds is 21. The lowest BCUT2D eigenvalue weighted by molar-refractivity contribution is -0.228. The lowest BCUT2D eigenvalue weighted by atomic mass is 9.43. The fraction of sp³-hybridized carbons (Fsp3) is 0.949. The summed E-state index contributed by atoms with van der Waals surface area (Å²) in [6, 6.07) is 0. The summed E-state index contributed by atoms with van der Waals surface area (Å²) >= 11 is 0. The van der Waals surface area contributed by atoms with Crippen molar-refractivity contribution in [2.75, 3.05) is 46.1 Å². The highest BCUT2D eigenvalue weighted by Gasteiger charge is 2.68. The maximum Gasteiger partial charge on any atom is 0.0637 e. The van der Waals surface area contributed by atoms with Gasteiger partial charge in [0.25, 0.3) is 0 Å². The molecule has 4 aliphatic rings. The van der Waals surface area contributed by atoms with Gasteiger partial charge in [0.2, 0.25) is 0 Å². The Morgan fingerprint density at radius 2 is 1.48 bits per heavy atom. The van der Waals surface area contributed by atoms with Gasteiger partial charge in [-0.05, 0) is 163 Å². The molecular weight excluding hydrogens is 574 g/mol. The fourth-order valence-corrected chi connectivity index (χ4v) is 11.5. The molecule has 4 aliphatic carbocycles. The molecule has 4 saturated carbocycles. The monoisotopic (exact) mass is 648 g/mol. The minimum atomic E-state index is 0.0673. The molecule has 0 heterocycles. The van der Waals surface area contributed by atoms with Crippen LogP contribution < -0.4 is 17.2 Å². The van der Waals surface area contributed by atoms with E-state index in [9.17, 15) is 5.11 Å². The average molecular weight is 648 g/mol. The topological polar surface area (TPSA) is 126 Å². The molecule has 0 aliphatic heterocycles. The van der Waals surface area contributed by atoms with Crippen molar-refractivity contribution in [3.05, 3.63) is 12.7 Å². The second kappa shape index (κ2) is 18.5. The molecule has 0 bridgehead atoms. The van der Waals surface area contributed by atoms with Crippen LogP contribution in [0.1, 0.15) is 117 Å². The fourth-order valence-electron chi connectivity index (χ4n) is 11.5. The third kappa shape index (κ3) is 8.42. The molecule has 46 heavy (non-hydrogen) atoms. The quantitative estimate of drug-likeness (QED) is 0.0834. The average Bonchev–Trinajstić information content (AvgIpc) is 3.35. The van der Waals surface area contributed by atoms with Gasteiger partial charge in [0.05, 0.1) is 18.3 Å². The first-order valence-electron chi connectivity index (χ1n) is 19.5. The van der Waals surface area contributed by atoms with Crippen LogP contribution in [0.2, 0.25) is 0 Å². The zero-order valence-electron chi connectivity index (χ0n) is 30.0. The zero-order valence-corrected chi connectivity index (χ0v) is 30.0. The van der Waals surface area contributed by atoms with Crippen LogP contribution in [0.3, 0.4) is 0 Å². The molecule has 0 amide bonds. The van der Waals surface area contributed by atoms with Crippen LogP contribution in [0.15, 0.2) is 12.7 Å². The second-order valence-corrected chi connectivity index (χ2v) is 16.2. The Bertz CT molecular complexity index is 891. The van der Waals surface area contributed by atoms with Crippen molar-refractivity contribution in [1.29, 1.82) is 0 Å². The molecule has 7 nitrogen and oxygen atoms in total. The maximum atomic E-state index is 9.79. The zero-order chi connectivity index (χ0) is 33.2. The van der Waals surface area contributed by atoms with Crippen molar-refractivity contribution >= 4 is 0 Å². The number of ether oxygens (including phenoxy) is 3. The number of aliphatic hydroxyl groups is 1. The standard InChI is InChI=1S/C39H73N3O4/c1-5-13-29-24-33-36-32(27-35(46-23-11-8-19-42)39(33,4)37(29)28(2)14-12-20-43)38(3)16-15-31(44-21-9-6-17-40)25-30(38)26-34(36)45-22-10-7-18-41/h5,28-37,43H,1,6-27,40-42H2,2-4H3/t28-,29?,30?,31-,32+,33+,34-,35+,36?,37?,38?,39?/m1/s1. The summed E-state index contributed by atoms with van der Waals surface area (Å²) in [4.78, 5) is 0. The lowest BCUT2D eigenvalue weighted by Crippen LogP contribution is -2.63. The second-order valence-electron chi connectivity index (χ2n) is 16.2. The number of hydrogen-bond donors (Lipinski definition) is 4. The van der Waals surface area contributed by atoms with Gasteiger partial charge in [-0.25, -0.2) is 0 Å². The molecule has 0 aromatic heterocycles. The summed E-state index contributed by atoms with van der Waals surface area (Å²) in [5.74, 6) is 3.95. The summed E-state index contributed by atoms with van der Waals surface area (Å²) in [7, 11) is 0. The molecule has 0 radical (unpaired) electrons. The van der Waals surface area contributed by atoms with Gasteiger partial charge in [0.1, 0.15) is 0 Å². The highest BCUT2D eigenvalue weighted by atomic mass is 16.5. The molecule has 12 atom stereocenters. The van der Waals surface area contributed by atoms with E-state index in [2.05, 4.69) is 33.4 Å². The van der Waals surface area contributed by atoms with Crippen LogP contribution in [0, 0.1) is 52.3 Å². The Hall–Kier alpha value is -0.540. The van der Waals surface area contributed by atoms with Gasteiger partial charge in [-0.3, -0.25) is 0 Å². The van der Waals surface area contributed by atoms with Crippen molar-refractivity contribution in [2.24, 2.45) is 69.5 Å². The van der Waals surface area contributed by atoms with Gasteiger partial charge >= 0.3 is 0 Å². The van der Waals surface area contributed by atoms with Crippen LogP contribution in [-0.4, -0.2) is 69.5 Å². The Balaban J connectivity index is 1.69. The summed E-state index contributed by atoms with van der Waals surface area (Å²) in [5.41, 5.74) is 17.9. The Kier molecular flexibility index (Phi) is 15.3. The van der Waals surface area contributed by atoms with Gasteiger partial charge in [0.15, 0.2) is 0 Å². The minimum Gasteiger partial charge on any atom is -0.396 e. The van der Waals surface area contributed by atoms with E-state index in [1.54, 1.807) is 0 Å². The summed E-state index contributed by atoms with van der Waals surface area (Å²) < 4.78 is 20.6. The van der Waals surface area contributed by atoms with Crippen molar-refractivity contribution in [3.8, 4) is 0 Å². The van der Waals surface area contributed by atoms with Crippen LogP contribution in [0.4, 0.5) is 0 Å². The number of unbranched alkanes of at least 4 members (excludes halogenated alkanes) is 3. The Morgan fingerprint density at radius 1 is 0.826 bits per heavy atom. The molecule has 4 fully saturated rings. The molecule has 0 spiro atoms. The first kappa shape index (κ1) is 38.3. The minimum absolute atomic E-state index is 0.0673. The molecule has 0 aromatic carbocycles. The smallest absolute Gasteiger partial charge is 0.0637 e. The van der Waals surface area contributed by atoms with Crippen LogP contribution >= 0.6 is 0 Å². The van der Waals surface area contributed by atoms with E-state index in [1.807, 2.05) is 0 Å². The molecule has 7 heteroatoms. The normalized spacial score (nSPS) is 39.4. The first-order valence-corrected chi connectivity index (χ1v) is 19.5. The van der Waals surface area contributed by atoms with Gasteiger partial charge < -0.3 is 36.5 Å². The third-order valence-corrected chi connectivity index (χ3v) is 13.7. The lowest BCUT2D eigenvalue weighted by Gasteiger charge is -2.65. The highest BCUT2D eigenvalue weighted by molar-refractivity contribution is 5.17. The van der Waals surface area contributed by atoms with Gasteiger partial charge in [-0.1, -0.05) is 26.8 Å². The summed E-state index contributed by atoms with van der Waals surface area (Å²) in [6.07, 6.45) is 19.2. The van der Waals surface area contributed by atoms with Crippen LogP contribution in [0.25, 0.3) is 0 Å². The predicted molar refractivity (Wildman–Crippen MR) is 189 cm³/mol. The third-order valence-electron chi connectivity index (χ3n) is 13.7. The van der Waals surface area contributed by atoms with Crippen LogP contribution in [0.5, 0.6) is 0 Å². The predicted octanol–water partition coefficient (Wildman–Crippen LogP) is 6.45. The Morgan fingerprint density at radius 3 is 2.11 bits per heavy atom. The maximum absolute atomic E-state index is 9.79. The summed E-state index contributed by atoms with van der Waals surface area (Å²) in [6.45, 7) is 16.8. The molecule has 0 aromatic rings. The highest BCUT2D eigenvalue weighted by Crippen LogP contribution is 2.70. The van der Waals surface area contributed by atoms with Crippen molar-refractivity contribution in [2.45, 2.75) is 135 Å². The van der Waals surface area contributed by atoms with Crippen molar-refractivity contribution in [1.82, 2.24) is 0 Å². The number of fused-ring (bicyclic) bond motifs is 5. The van der Waals surface area contributed by atoms with E-state index in [0.29, 0.717) is 47.5 Å². The molecule has 6 unspecified atom stereocenters. The van der Waals surface area contributed by atoms with E-state index >= 15 is 0 Å². The number of allylic oxidation sites excluding steroid dienone is 1. The van der Waals surface area contributed by atoms with Crippen molar-refractivity contribution < 1.29 is 19.3 Å². The number of nitrogens with two attached hydrogens (primary N) is 3. The molecule has 4 rings (SSSR count). The van der Waals surface area contributed by atoms with Gasteiger partial charge in [0, 0.05) is 31.8 Å². The number of aliphatic hydroxyl groups excluding tert-OH is 1. The van der Waals surface area contributed by atoms with Gasteiger partial charge in [-0.15, -0.1) is 6.58 Å². The summed E-state index contributed by atoms with van der Waals surface area (Å²) in [5, 5.41) is 9.79. The number of hydrogen-bond acceptors (Lipinski definition) is 7. The van der Waals surface area contributed by atoms with E-state index in [0.717, 1.165) is 123 Å². The molecule has 268 valence electrons. The van der Waals surface area contributed by atoms with E-state index in [4.69, 9.17) is 31.4 Å². The Labute approximate surface area is 282 Å². The van der Waals surface area contributed by atoms with Gasteiger partial charge in [-0.2, -0.15) is 0 Å². The molecule has 7 N–H and O–H groups in total. The SMILES string of the molecule is C=CCC1C[C@H]2C3[C@H](OCCCCN)CC4C[C@H](OCCCCN)CCC4(C)[C@H]3C[C@H](OCCCCN)C2(C)C1[C@H](C)CCCO. The van der Waals surface area contributed by atoms with Crippen LogP contribution in [-0.2, 0) is 14.2 Å². The van der Waals surface area contributed by atoms with E-state index < -0.39 is 0 Å². The largest absolute Gasteiger partial charge is 0.396 e.